The molecule has 3 N–H and O–H groups in total. The van der Waals surface area contributed by atoms with E-state index < -0.39 is 27.1 Å². The van der Waals surface area contributed by atoms with Crippen LogP contribution in [-0.4, -0.2) is 25.7 Å². The summed E-state index contributed by atoms with van der Waals surface area (Å²) in [5.41, 5.74) is 0.402. The molecule has 3 rings (SSSR count). The number of anilines is 3. The molecule has 7 nitrogen and oxygen atoms in total. The zero-order valence-corrected chi connectivity index (χ0v) is 19.1. The Morgan fingerprint density at radius 3 is 2.29 bits per heavy atom. The molecule has 0 amide bonds. The fourth-order valence-corrected chi connectivity index (χ4v) is 4.40. The molecule has 0 radical (unpaired) electrons. The first kappa shape index (κ1) is 22.9. The van der Waals surface area contributed by atoms with Crippen LogP contribution in [0.15, 0.2) is 47.4 Å². The number of ether oxygens (including phenoxy) is 1. The summed E-state index contributed by atoms with van der Waals surface area (Å²) in [4.78, 5) is 12.5. The van der Waals surface area contributed by atoms with Gasteiger partial charge < -0.3 is 15.4 Å². The first-order chi connectivity index (χ1) is 14.3. The maximum absolute atomic E-state index is 13.1. The minimum atomic E-state index is -3.87. The largest absolute Gasteiger partial charge is 0.460 e. The summed E-state index contributed by atoms with van der Waals surface area (Å²) in [6.45, 7) is 9.41. The van der Waals surface area contributed by atoms with Gasteiger partial charge in [-0.15, -0.1) is 0 Å². The molecule has 0 aliphatic carbocycles. The monoisotopic (exact) mass is 449 g/mol. The van der Waals surface area contributed by atoms with Crippen LogP contribution in [0.25, 0.3) is 0 Å². The van der Waals surface area contributed by atoms with Gasteiger partial charge in [0.25, 0.3) is 10.0 Å². The van der Waals surface area contributed by atoms with Crippen LogP contribution in [0.5, 0.6) is 0 Å². The van der Waals surface area contributed by atoms with Crippen molar-refractivity contribution in [2.75, 3.05) is 15.4 Å². The van der Waals surface area contributed by atoms with Crippen LogP contribution >= 0.6 is 0 Å². The molecule has 2 aromatic carbocycles. The molecular formula is C22H28FN3O4S. The smallest absolute Gasteiger partial charge is 0.310 e. The predicted molar refractivity (Wildman–Crippen MR) is 119 cm³/mol. The molecule has 31 heavy (non-hydrogen) atoms. The van der Waals surface area contributed by atoms with Crippen molar-refractivity contribution in [3.63, 3.8) is 0 Å². The second-order valence-corrected chi connectivity index (χ2v) is 10.6. The van der Waals surface area contributed by atoms with Gasteiger partial charge in [-0.25, -0.2) is 12.8 Å². The molecular weight excluding hydrogens is 421 g/mol. The van der Waals surface area contributed by atoms with Crippen LogP contribution < -0.4 is 15.4 Å². The van der Waals surface area contributed by atoms with E-state index in [9.17, 15) is 17.6 Å². The van der Waals surface area contributed by atoms with Gasteiger partial charge in [0.2, 0.25) is 0 Å². The van der Waals surface area contributed by atoms with Crippen molar-refractivity contribution in [2.24, 2.45) is 5.92 Å². The van der Waals surface area contributed by atoms with E-state index in [2.05, 4.69) is 15.4 Å². The van der Waals surface area contributed by atoms with E-state index in [0.29, 0.717) is 11.4 Å². The normalized spacial score (nSPS) is 18.2. The average molecular weight is 450 g/mol. The minimum Gasteiger partial charge on any atom is -0.460 e. The lowest BCUT2D eigenvalue weighted by molar-refractivity contribution is -0.156. The Labute approximate surface area is 182 Å². The maximum atomic E-state index is 13.1. The standard InChI is InChI=1S/C22H28FN3O4S/c1-14(2)22(13-20(27)30-21(3,4)5)24-18-11-8-16(12-19(18)25-22)26-31(28,29)17-9-6-15(23)7-10-17/h6-12,14,24-26H,13H2,1-5H3. The second-order valence-electron chi connectivity index (χ2n) is 8.96. The summed E-state index contributed by atoms with van der Waals surface area (Å²) < 4.78 is 46.3. The first-order valence-electron chi connectivity index (χ1n) is 10.0. The Bertz CT molecular complexity index is 1080. The molecule has 0 spiro atoms. The highest BCUT2D eigenvalue weighted by molar-refractivity contribution is 7.92. The molecule has 0 aromatic heterocycles. The number of esters is 1. The summed E-state index contributed by atoms with van der Waals surface area (Å²) in [6.07, 6.45) is 0.0905. The van der Waals surface area contributed by atoms with Crippen molar-refractivity contribution in [3.05, 3.63) is 48.3 Å². The fourth-order valence-electron chi connectivity index (χ4n) is 3.35. The van der Waals surface area contributed by atoms with Crippen LogP contribution in [0, 0.1) is 11.7 Å². The summed E-state index contributed by atoms with van der Waals surface area (Å²) in [6, 6.07) is 9.61. The van der Waals surface area contributed by atoms with Crippen molar-refractivity contribution < 1.29 is 22.3 Å². The van der Waals surface area contributed by atoms with Crippen LogP contribution in [0.1, 0.15) is 41.0 Å². The number of sulfonamides is 1. The Hall–Kier alpha value is -2.81. The number of nitrogens with one attached hydrogen (secondary N) is 3. The lowest BCUT2D eigenvalue weighted by Crippen LogP contribution is -2.49. The zero-order chi connectivity index (χ0) is 23.0. The number of fused-ring (bicyclic) bond motifs is 1. The average Bonchev–Trinajstić information content (AvgIpc) is 2.98. The molecule has 1 aliphatic heterocycles. The van der Waals surface area contributed by atoms with Gasteiger partial charge in [0.05, 0.1) is 28.4 Å². The molecule has 0 saturated carbocycles. The van der Waals surface area contributed by atoms with Crippen molar-refractivity contribution in [1.82, 2.24) is 0 Å². The van der Waals surface area contributed by atoms with Gasteiger partial charge in [-0.05, 0) is 69.2 Å². The van der Waals surface area contributed by atoms with Crippen LogP contribution in [0.4, 0.5) is 21.5 Å². The lowest BCUT2D eigenvalue weighted by Gasteiger charge is -2.35. The number of carbonyl (C=O) groups excluding carboxylic acids is 1. The van der Waals surface area contributed by atoms with E-state index in [-0.39, 0.29) is 23.2 Å². The summed E-state index contributed by atoms with van der Waals surface area (Å²) in [5, 5.41) is 6.70. The van der Waals surface area contributed by atoms with Crippen LogP contribution in [0.3, 0.4) is 0 Å². The van der Waals surface area contributed by atoms with Crippen LogP contribution in [-0.2, 0) is 19.6 Å². The van der Waals surface area contributed by atoms with E-state index in [1.165, 1.54) is 12.1 Å². The Kier molecular flexibility index (Phi) is 5.92. The van der Waals surface area contributed by atoms with Crippen molar-refractivity contribution in [1.29, 1.82) is 0 Å². The predicted octanol–water partition coefficient (Wildman–Crippen LogP) is 4.55. The van der Waals surface area contributed by atoms with Crippen LogP contribution in [0.2, 0.25) is 0 Å². The molecule has 2 aromatic rings. The van der Waals surface area contributed by atoms with Crippen molar-refractivity contribution >= 4 is 33.1 Å². The summed E-state index contributed by atoms with van der Waals surface area (Å²) in [7, 11) is -3.87. The van der Waals surface area contributed by atoms with Gasteiger partial charge in [-0.2, -0.15) is 0 Å². The van der Waals surface area contributed by atoms with Gasteiger partial charge in [-0.3, -0.25) is 9.52 Å². The lowest BCUT2D eigenvalue weighted by atomic mass is 9.93. The van der Waals surface area contributed by atoms with Gasteiger partial charge in [0.15, 0.2) is 0 Å². The number of halogens is 1. The molecule has 168 valence electrons. The summed E-state index contributed by atoms with van der Waals surface area (Å²) in [5.74, 6) is -0.834. The minimum absolute atomic E-state index is 0.0202. The number of hydrogen-bond donors (Lipinski definition) is 3. The Morgan fingerprint density at radius 2 is 1.71 bits per heavy atom. The maximum Gasteiger partial charge on any atom is 0.310 e. The molecule has 9 heteroatoms. The highest BCUT2D eigenvalue weighted by Crippen LogP contribution is 2.41. The third-order valence-corrected chi connectivity index (χ3v) is 6.34. The van der Waals surface area contributed by atoms with E-state index in [1.54, 1.807) is 18.2 Å². The molecule has 1 heterocycles. The van der Waals surface area contributed by atoms with E-state index in [1.807, 2.05) is 34.6 Å². The fraction of sp³-hybridized carbons (Fsp3) is 0.409. The number of carbonyl (C=O) groups is 1. The van der Waals surface area contributed by atoms with Crippen molar-refractivity contribution in [3.8, 4) is 0 Å². The van der Waals surface area contributed by atoms with Gasteiger partial charge in [-0.1, -0.05) is 13.8 Å². The molecule has 1 unspecified atom stereocenters. The van der Waals surface area contributed by atoms with E-state index in [0.717, 1.165) is 17.8 Å². The van der Waals surface area contributed by atoms with E-state index in [4.69, 9.17) is 4.74 Å². The third kappa shape index (κ3) is 5.28. The van der Waals surface area contributed by atoms with Gasteiger partial charge in [0.1, 0.15) is 17.1 Å². The van der Waals surface area contributed by atoms with E-state index >= 15 is 0 Å². The van der Waals surface area contributed by atoms with Crippen molar-refractivity contribution in [2.45, 2.75) is 57.2 Å². The second kappa shape index (κ2) is 8.03. The van der Waals surface area contributed by atoms with Gasteiger partial charge >= 0.3 is 5.97 Å². The number of benzene rings is 2. The molecule has 0 fully saturated rings. The highest BCUT2D eigenvalue weighted by Gasteiger charge is 2.42. The topological polar surface area (TPSA) is 96.5 Å². The molecule has 1 atom stereocenters. The van der Waals surface area contributed by atoms with Gasteiger partial charge in [0, 0.05) is 0 Å². The quantitative estimate of drug-likeness (QED) is 0.560. The SMILES string of the molecule is CC(C)C1(CC(=O)OC(C)(C)C)Nc2ccc(NS(=O)(=O)c3ccc(F)cc3)cc2N1. The molecule has 1 aliphatic rings. The Balaban J connectivity index is 1.81. The zero-order valence-electron chi connectivity index (χ0n) is 18.2. The number of hydrogen-bond acceptors (Lipinski definition) is 6. The molecule has 0 saturated heterocycles. The highest BCUT2D eigenvalue weighted by atomic mass is 32.2. The third-order valence-electron chi connectivity index (χ3n) is 4.94. The number of rotatable bonds is 6. The first-order valence-corrected chi connectivity index (χ1v) is 11.5. The summed E-state index contributed by atoms with van der Waals surface area (Å²) >= 11 is 0. The molecule has 0 bridgehead atoms. The Morgan fingerprint density at radius 1 is 1.10 bits per heavy atom.